The van der Waals surface area contributed by atoms with Crippen molar-refractivity contribution in [3.63, 3.8) is 0 Å². The molecule has 0 aromatic heterocycles. The van der Waals surface area contributed by atoms with E-state index in [0.29, 0.717) is 17.9 Å². The Morgan fingerprint density at radius 2 is 2.09 bits per heavy atom. The van der Waals surface area contributed by atoms with E-state index in [1.54, 1.807) is 0 Å². The molecule has 2 fully saturated rings. The fourth-order valence-corrected chi connectivity index (χ4v) is 2.00. The highest BCUT2D eigenvalue weighted by molar-refractivity contribution is 4.86. The molecule has 0 aromatic carbocycles. The number of hydrogen-bond donors (Lipinski definition) is 1. The zero-order chi connectivity index (χ0) is 7.84. The van der Waals surface area contributed by atoms with Crippen LogP contribution in [0.25, 0.3) is 0 Å². The van der Waals surface area contributed by atoms with Crippen molar-refractivity contribution < 1.29 is 9.84 Å². The lowest BCUT2D eigenvalue weighted by atomic mass is 9.79. The number of ether oxygens (including phenoxy) is 1. The van der Waals surface area contributed by atoms with Crippen molar-refractivity contribution in [2.24, 2.45) is 11.8 Å². The molecule has 1 aliphatic carbocycles. The molecule has 2 heteroatoms. The average Bonchev–Trinajstić information content (AvgIpc) is 2.77. The second-order valence-electron chi connectivity index (χ2n) is 3.99. The van der Waals surface area contributed by atoms with E-state index in [9.17, 15) is 5.11 Å². The monoisotopic (exact) mass is 156 g/mol. The van der Waals surface area contributed by atoms with Gasteiger partial charge < -0.3 is 9.84 Å². The van der Waals surface area contributed by atoms with Gasteiger partial charge in [-0.25, -0.2) is 0 Å². The summed E-state index contributed by atoms with van der Waals surface area (Å²) in [6.07, 6.45) is 3.82. The summed E-state index contributed by atoms with van der Waals surface area (Å²) in [6.45, 7) is 3.07. The second-order valence-corrected chi connectivity index (χ2v) is 3.99. The lowest BCUT2D eigenvalue weighted by molar-refractivity contribution is 0.0455. The van der Waals surface area contributed by atoms with E-state index < -0.39 is 0 Å². The Balaban J connectivity index is 1.86. The SMILES string of the molecule is CC1CCC(C2CO2)CC1O. The smallest absolute Gasteiger partial charge is 0.0838 e. The Morgan fingerprint density at radius 1 is 1.36 bits per heavy atom. The van der Waals surface area contributed by atoms with E-state index in [-0.39, 0.29) is 6.10 Å². The molecule has 0 bridgehead atoms. The van der Waals surface area contributed by atoms with E-state index in [1.165, 1.54) is 12.8 Å². The van der Waals surface area contributed by atoms with Crippen molar-refractivity contribution in [3.05, 3.63) is 0 Å². The van der Waals surface area contributed by atoms with E-state index in [0.717, 1.165) is 13.0 Å². The summed E-state index contributed by atoms with van der Waals surface area (Å²) in [5.74, 6) is 1.16. The molecule has 1 saturated heterocycles. The fraction of sp³-hybridized carbons (Fsp3) is 1.00. The van der Waals surface area contributed by atoms with Gasteiger partial charge in [0, 0.05) is 0 Å². The molecule has 4 atom stereocenters. The number of hydrogen-bond acceptors (Lipinski definition) is 2. The van der Waals surface area contributed by atoms with Crippen molar-refractivity contribution in [2.45, 2.75) is 38.4 Å². The van der Waals surface area contributed by atoms with Crippen LogP contribution >= 0.6 is 0 Å². The Hall–Kier alpha value is -0.0800. The van der Waals surface area contributed by atoms with Gasteiger partial charge in [0.05, 0.1) is 18.8 Å². The maximum Gasteiger partial charge on any atom is 0.0838 e. The van der Waals surface area contributed by atoms with Crippen LogP contribution in [0.5, 0.6) is 0 Å². The van der Waals surface area contributed by atoms with Gasteiger partial charge in [0.15, 0.2) is 0 Å². The quantitative estimate of drug-likeness (QED) is 0.578. The first-order valence-electron chi connectivity index (χ1n) is 4.57. The molecule has 1 saturated carbocycles. The molecule has 2 aliphatic rings. The van der Waals surface area contributed by atoms with Crippen molar-refractivity contribution in [1.29, 1.82) is 0 Å². The predicted molar refractivity (Wildman–Crippen MR) is 42.3 cm³/mol. The van der Waals surface area contributed by atoms with E-state index >= 15 is 0 Å². The van der Waals surface area contributed by atoms with Crippen molar-refractivity contribution in [2.75, 3.05) is 6.61 Å². The minimum atomic E-state index is -0.0713. The van der Waals surface area contributed by atoms with Gasteiger partial charge in [-0.1, -0.05) is 6.92 Å². The largest absolute Gasteiger partial charge is 0.393 e. The van der Waals surface area contributed by atoms with Crippen LogP contribution in [0.4, 0.5) is 0 Å². The summed E-state index contributed by atoms with van der Waals surface area (Å²) in [6, 6.07) is 0. The molecule has 0 spiro atoms. The third-order valence-corrected chi connectivity index (χ3v) is 3.08. The van der Waals surface area contributed by atoms with Crippen LogP contribution < -0.4 is 0 Å². The standard InChI is InChI=1S/C9H16O2/c1-6-2-3-7(4-8(6)10)9-5-11-9/h6-10H,2-5H2,1H3. The maximum atomic E-state index is 9.57. The van der Waals surface area contributed by atoms with E-state index in [4.69, 9.17) is 4.74 Å². The first-order chi connectivity index (χ1) is 5.27. The highest BCUT2D eigenvalue weighted by Crippen LogP contribution is 2.35. The first-order valence-corrected chi connectivity index (χ1v) is 4.57. The Bertz CT molecular complexity index is 142. The fourth-order valence-electron chi connectivity index (χ4n) is 2.00. The Morgan fingerprint density at radius 3 is 2.64 bits per heavy atom. The lowest BCUT2D eigenvalue weighted by Gasteiger charge is -2.29. The zero-order valence-electron chi connectivity index (χ0n) is 6.99. The van der Waals surface area contributed by atoms with Crippen molar-refractivity contribution in [3.8, 4) is 0 Å². The molecular weight excluding hydrogens is 140 g/mol. The van der Waals surface area contributed by atoms with Gasteiger partial charge in [0.25, 0.3) is 0 Å². The first kappa shape index (κ1) is 7.56. The summed E-state index contributed by atoms with van der Waals surface area (Å²) < 4.78 is 5.22. The van der Waals surface area contributed by atoms with Gasteiger partial charge in [-0.2, -0.15) is 0 Å². The van der Waals surface area contributed by atoms with Gasteiger partial charge in [-0.3, -0.25) is 0 Å². The summed E-state index contributed by atoms with van der Waals surface area (Å²) in [4.78, 5) is 0. The van der Waals surface area contributed by atoms with Crippen LogP contribution in [0.15, 0.2) is 0 Å². The van der Waals surface area contributed by atoms with Crippen molar-refractivity contribution >= 4 is 0 Å². The molecule has 0 amide bonds. The highest BCUT2D eigenvalue weighted by atomic mass is 16.6. The normalized spacial score (nSPS) is 50.7. The minimum Gasteiger partial charge on any atom is -0.393 e. The molecule has 1 aliphatic heterocycles. The topological polar surface area (TPSA) is 32.8 Å². The molecule has 0 aromatic rings. The van der Waals surface area contributed by atoms with Crippen LogP contribution in [-0.4, -0.2) is 23.9 Å². The number of aliphatic hydroxyl groups excluding tert-OH is 1. The third kappa shape index (κ3) is 1.57. The van der Waals surface area contributed by atoms with Gasteiger partial charge in [-0.15, -0.1) is 0 Å². The van der Waals surface area contributed by atoms with Gasteiger partial charge in [0.2, 0.25) is 0 Å². The molecule has 2 rings (SSSR count). The third-order valence-electron chi connectivity index (χ3n) is 3.08. The molecule has 1 heterocycles. The average molecular weight is 156 g/mol. The summed E-state index contributed by atoms with van der Waals surface area (Å²) in [5.41, 5.74) is 0. The number of epoxide rings is 1. The lowest BCUT2D eigenvalue weighted by Crippen LogP contribution is -2.29. The highest BCUT2D eigenvalue weighted by Gasteiger charge is 2.37. The van der Waals surface area contributed by atoms with Crippen molar-refractivity contribution in [1.82, 2.24) is 0 Å². The summed E-state index contributed by atoms with van der Waals surface area (Å²) in [7, 11) is 0. The predicted octanol–water partition coefficient (Wildman–Crippen LogP) is 1.18. The van der Waals surface area contributed by atoms with Crippen LogP contribution in [0.2, 0.25) is 0 Å². The van der Waals surface area contributed by atoms with Gasteiger partial charge in [-0.05, 0) is 31.1 Å². The Labute approximate surface area is 67.6 Å². The number of rotatable bonds is 1. The number of aliphatic hydroxyl groups is 1. The van der Waals surface area contributed by atoms with E-state index in [1.807, 2.05) is 0 Å². The molecule has 1 N–H and O–H groups in total. The van der Waals surface area contributed by atoms with Crippen LogP contribution in [-0.2, 0) is 4.74 Å². The molecule has 64 valence electrons. The van der Waals surface area contributed by atoms with Crippen LogP contribution in [0.3, 0.4) is 0 Å². The van der Waals surface area contributed by atoms with Crippen LogP contribution in [0.1, 0.15) is 26.2 Å². The van der Waals surface area contributed by atoms with E-state index in [2.05, 4.69) is 6.92 Å². The van der Waals surface area contributed by atoms with Crippen LogP contribution in [0, 0.1) is 11.8 Å². The molecular formula is C9H16O2. The zero-order valence-corrected chi connectivity index (χ0v) is 6.99. The Kier molecular flexibility index (Phi) is 1.90. The van der Waals surface area contributed by atoms with Gasteiger partial charge in [0.1, 0.15) is 0 Å². The summed E-state index contributed by atoms with van der Waals surface area (Å²) in [5, 5.41) is 9.57. The maximum absolute atomic E-state index is 9.57. The molecule has 2 nitrogen and oxygen atoms in total. The molecule has 4 unspecified atom stereocenters. The molecule has 0 radical (unpaired) electrons. The minimum absolute atomic E-state index is 0.0713. The van der Waals surface area contributed by atoms with Gasteiger partial charge >= 0.3 is 0 Å². The second kappa shape index (κ2) is 2.76. The molecule has 11 heavy (non-hydrogen) atoms. The summed E-state index contributed by atoms with van der Waals surface area (Å²) >= 11 is 0.